The molecule has 0 aliphatic carbocycles. The summed E-state index contributed by atoms with van der Waals surface area (Å²) in [5.74, 6) is 0.303. The van der Waals surface area contributed by atoms with E-state index >= 15 is 0 Å². The first-order valence-corrected chi connectivity index (χ1v) is 7.24. The summed E-state index contributed by atoms with van der Waals surface area (Å²) >= 11 is 0. The molecule has 102 valence electrons. The van der Waals surface area contributed by atoms with Gasteiger partial charge in [0, 0.05) is 24.6 Å². The molecule has 0 radical (unpaired) electrons. The highest BCUT2D eigenvalue weighted by atomic mass is 16.1. The fourth-order valence-corrected chi connectivity index (χ4v) is 2.49. The van der Waals surface area contributed by atoms with Crippen LogP contribution in [-0.4, -0.2) is 23.8 Å². The predicted octanol–water partition coefficient (Wildman–Crippen LogP) is 3.68. The van der Waals surface area contributed by atoms with E-state index in [0.29, 0.717) is 0 Å². The monoisotopic (exact) mass is 257 g/mol. The van der Waals surface area contributed by atoms with E-state index in [0.717, 1.165) is 31.5 Å². The standard InChI is InChI=1S/C17H23NO/c1-3-15-7-9-16(10-8-15)17(19)14(2)13-18-11-5-4-6-12-18/h5,7-11,14H,3-4,6,12-13H2,1-2H3. The summed E-state index contributed by atoms with van der Waals surface area (Å²) in [5, 5.41) is 0. The number of hydrogen-bond acceptors (Lipinski definition) is 2. The quantitative estimate of drug-likeness (QED) is 0.750. The van der Waals surface area contributed by atoms with E-state index < -0.39 is 0 Å². The van der Waals surface area contributed by atoms with E-state index in [9.17, 15) is 4.79 Å². The molecule has 0 aromatic heterocycles. The number of rotatable bonds is 5. The van der Waals surface area contributed by atoms with Crippen LogP contribution in [0.15, 0.2) is 36.5 Å². The van der Waals surface area contributed by atoms with Gasteiger partial charge in [-0.1, -0.05) is 44.2 Å². The first kappa shape index (κ1) is 13.9. The number of Topliss-reactive ketones (excluding diaryl/α,β-unsaturated/α-hetero) is 1. The van der Waals surface area contributed by atoms with Crippen LogP contribution in [0.25, 0.3) is 0 Å². The minimum atomic E-state index is 0.0511. The fourth-order valence-electron chi connectivity index (χ4n) is 2.49. The summed E-state index contributed by atoms with van der Waals surface area (Å²) in [5.41, 5.74) is 2.12. The molecule has 1 aromatic rings. The van der Waals surface area contributed by atoms with Crippen LogP contribution in [0.5, 0.6) is 0 Å². The Bertz CT molecular complexity index is 447. The molecule has 1 heterocycles. The number of nitrogens with zero attached hydrogens (tertiary/aromatic N) is 1. The van der Waals surface area contributed by atoms with Gasteiger partial charge in [-0.05, 0) is 31.0 Å². The van der Waals surface area contributed by atoms with Crippen LogP contribution in [-0.2, 0) is 6.42 Å². The van der Waals surface area contributed by atoms with Crippen molar-refractivity contribution >= 4 is 5.78 Å². The molecule has 1 aromatic carbocycles. The Morgan fingerprint density at radius 1 is 1.32 bits per heavy atom. The molecule has 2 heteroatoms. The molecule has 0 N–H and O–H groups in total. The molecule has 1 aliphatic heterocycles. The van der Waals surface area contributed by atoms with Crippen molar-refractivity contribution in [1.82, 2.24) is 4.90 Å². The van der Waals surface area contributed by atoms with Crippen LogP contribution < -0.4 is 0 Å². The molecule has 0 spiro atoms. The zero-order chi connectivity index (χ0) is 13.7. The van der Waals surface area contributed by atoms with Crippen LogP contribution in [0, 0.1) is 5.92 Å². The summed E-state index contributed by atoms with van der Waals surface area (Å²) in [6, 6.07) is 8.04. The van der Waals surface area contributed by atoms with Gasteiger partial charge < -0.3 is 4.90 Å². The molecule has 0 saturated carbocycles. The molecule has 0 saturated heterocycles. The summed E-state index contributed by atoms with van der Waals surface area (Å²) in [4.78, 5) is 14.6. The molecule has 2 rings (SSSR count). The Hall–Kier alpha value is -1.57. The molecular weight excluding hydrogens is 234 g/mol. The average Bonchev–Trinajstić information content (AvgIpc) is 2.47. The van der Waals surface area contributed by atoms with Crippen molar-refractivity contribution in [3.8, 4) is 0 Å². The number of allylic oxidation sites excluding steroid dienone is 1. The van der Waals surface area contributed by atoms with E-state index in [1.807, 2.05) is 19.1 Å². The molecule has 1 aliphatic rings. The second-order valence-electron chi connectivity index (χ2n) is 5.34. The number of carbonyl (C=O) groups excluding carboxylic acids is 1. The van der Waals surface area contributed by atoms with E-state index in [4.69, 9.17) is 0 Å². The molecule has 1 atom stereocenters. The molecular formula is C17H23NO. The van der Waals surface area contributed by atoms with Crippen molar-refractivity contribution in [3.05, 3.63) is 47.7 Å². The minimum Gasteiger partial charge on any atom is -0.377 e. The lowest BCUT2D eigenvalue weighted by Gasteiger charge is -2.26. The zero-order valence-electron chi connectivity index (χ0n) is 11.9. The molecule has 0 bridgehead atoms. The Morgan fingerprint density at radius 3 is 2.63 bits per heavy atom. The first-order valence-electron chi connectivity index (χ1n) is 7.24. The number of benzene rings is 1. The number of aryl methyl sites for hydroxylation is 1. The Balaban J connectivity index is 1.97. The Morgan fingerprint density at radius 2 is 2.05 bits per heavy atom. The highest BCUT2D eigenvalue weighted by molar-refractivity contribution is 5.97. The van der Waals surface area contributed by atoms with E-state index in [1.165, 1.54) is 12.0 Å². The maximum absolute atomic E-state index is 12.4. The van der Waals surface area contributed by atoms with Crippen molar-refractivity contribution < 1.29 is 4.79 Å². The topological polar surface area (TPSA) is 20.3 Å². The van der Waals surface area contributed by atoms with E-state index in [2.05, 4.69) is 36.2 Å². The molecule has 2 nitrogen and oxygen atoms in total. The SMILES string of the molecule is CCc1ccc(C(=O)C(C)CN2C=CCCC2)cc1. The first-order chi connectivity index (χ1) is 9.20. The molecule has 19 heavy (non-hydrogen) atoms. The highest BCUT2D eigenvalue weighted by Gasteiger charge is 2.17. The molecule has 1 unspecified atom stereocenters. The number of carbonyl (C=O) groups is 1. The van der Waals surface area contributed by atoms with E-state index in [-0.39, 0.29) is 11.7 Å². The lowest BCUT2D eigenvalue weighted by Crippen LogP contribution is -2.30. The van der Waals surface area contributed by atoms with Gasteiger partial charge in [0.1, 0.15) is 0 Å². The normalized spacial score (nSPS) is 16.4. The zero-order valence-corrected chi connectivity index (χ0v) is 11.9. The lowest BCUT2D eigenvalue weighted by atomic mass is 9.97. The maximum atomic E-state index is 12.4. The fraction of sp³-hybridized carbons (Fsp3) is 0.471. The van der Waals surface area contributed by atoms with Gasteiger partial charge in [0.05, 0.1) is 0 Å². The summed E-state index contributed by atoms with van der Waals surface area (Å²) in [6.07, 6.45) is 7.70. The minimum absolute atomic E-state index is 0.0511. The van der Waals surface area contributed by atoms with Gasteiger partial charge in [-0.25, -0.2) is 0 Å². The van der Waals surface area contributed by atoms with Gasteiger partial charge in [0.25, 0.3) is 0 Å². The average molecular weight is 257 g/mol. The summed E-state index contributed by atoms with van der Waals surface area (Å²) in [6.45, 7) is 6.05. The van der Waals surface area contributed by atoms with Gasteiger partial charge in [-0.2, -0.15) is 0 Å². The number of hydrogen-bond donors (Lipinski definition) is 0. The van der Waals surface area contributed by atoms with Crippen molar-refractivity contribution in [2.24, 2.45) is 5.92 Å². The van der Waals surface area contributed by atoms with Gasteiger partial charge in [0.2, 0.25) is 0 Å². The third kappa shape index (κ3) is 3.69. The van der Waals surface area contributed by atoms with Crippen LogP contribution in [0.1, 0.15) is 42.6 Å². The van der Waals surface area contributed by atoms with Crippen LogP contribution >= 0.6 is 0 Å². The van der Waals surface area contributed by atoms with Gasteiger partial charge >= 0.3 is 0 Å². The molecule has 0 amide bonds. The van der Waals surface area contributed by atoms with Crippen molar-refractivity contribution in [2.75, 3.05) is 13.1 Å². The van der Waals surface area contributed by atoms with Gasteiger partial charge in [0.15, 0.2) is 5.78 Å². The van der Waals surface area contributed by atoms with Crippen molar-refractivity contribution in [1.29, 1.82) is 0 Å². The second-order valence-corrected chi connectivity index (χ2v) is 5.34. The van der Waals surface area contributed by atoms with Crippen LogP contribution in [0.3, 0.4) is 0 Å². The number of ketones is 1. The van der Waals surface area contributed by atoms with E-state index in [1.54, 1.807) is 0 Å². The van der Waals surface area contributed by atoms with Crippen LogP contribution in [0.2, 0.25) is 0 Å². The van der Waals surface area contributed by atoms with Crippen molar-refractivity contribution in [2.45, 2.75) is 33.1 Å². The highest BCUT2D eigenvalue weighted by Crippen LogP contribution is 2.14. The second kappa shape index (κ2) is 6.55. The Kier molecular flexibility index (Phi) is 4.78. The Labute approximate surface area is 116 Å². The largest absolute Gasteiger partial charge is 0.377 e. The van der Waals surface area contributed by atoms with Crippen LogP contribution in [0.4, 0.5) is 0 Å². The van der Waals surface area contributed by atoms with Gasteiger partial charge in [-0.3, -0.25) is 4.79 Å². The lowest BCUT2D eigenvalue weighted by molar-refractivity contribution is 0.0907. The maximum Gasteiger partial charge on any atom is 0.167 e. The summed E-state index contributed by atoms with van der Waals surface area (Å²) in [7, 11) is 0. The van der Waals surface area contributed by atoms with Gasteiger partial charge in [-0.15, -0.1) is 0 Å². The smallest absolute Gasteiger partial charge is 0.167 e. The summed E-state index contributed by atoms with van der Waals surface area (Å²) < 4.78 is 0. The van der Waals surface area contributed by atoms with Crippen molar-refractivity contribution in [3.63, 3.8) is 0 Å². The molecule has 0 fully saturated rings. The third-order valence-corrected chi connectivity index (χ3v) is 3.74. The third-order valence-electron chi connectivity index (χ3n) is 3.74. The predicted molar refractivity (Wildman–Crippen MR) is 79.3 cm³/mol.